The van der Waals surface area contributed by atoms with Crippen molar-refractivity contribution in [2.24, 2.45) is 5.92 Å². The zero-order valence-corrected chi connectivity index (χ0v) is 9.36. The van der Waals surface area contributed by atoms with Crippen molar-refractivity contribution < 1.29 is 0 Å². The van der Waals surface area contributed by atoms with Crippen molar-refractivity contribution in [1.82, 2.24) is 0 Å². The van der Waals surface area contributed by atoms with Gasteiger partial charge in [0, 0.05) is 0 Å². The molecule has 2 rings (SSSR count). The van der Waals surface area contributed by atoms with Gasteiger partial charge in [-0.1, -0.05) is 42.5 Å². The normalized spacial score (nSPS) is 21.2. The van der Waals surface area contributed by atoms with Gasteiger partial charge in [0.05, 0.1) is 0 Å². The fourth-order valence-electron chi connectivity index (χ4n) is 2.33. The summed E-state index contributed by atoms with van der Waals surface area (Å²) in [4.78, 5) is 0. The summed E-state index contributed by atoms with van der Waals surface area (Å²) < 4.78 is 0. The van der Waals surface area contributed by atoms with Gasteiger partial charge in [0.15, 0.2) is 0 Å². The molecule has 0 amide bonds. The summed E-state index contributed by atoms with van der Waals surface area (Å²) in [5.74, 6) is 0.920. The van der Waals surface area contributed by atoms with Gasteiger partial charge in [-0.2, -0.15) is 0 Å². The van der Waals surface area contributed by atoms with E-state index in [2.05, 4.69) is 42.5 Å². The Labute approximate surface area is 93.0 Å². The van der Waals surface area contributed by atoms with E-state index in [-0.39, 0.29) is 0 Å². The molecule has 0 nitrogen and oxygen atoms in total. The molecule has 1 atom stereocenters. The fraction of sp³-hybridized carbons (Fsp3) is 0.467. The lowest BCUT2D eigenvalue weighted by Gasteiger charge is -2.12. The lowest BCUT2D eigenvalue weighted by Crippen LogP contribution is -2.00. The van der Waals surface area contributed by atoms with Gasteiger partial charge in [-0.25, -0.2) is 0 Å². The van der Waals surface area contributed by atoms with E-state index in [1.807, 2.05) is 0 Å². The van der Waals surface area contributed by atoms with Gasteiger partial charge in [-0.15, -0.1) is 0 Å². The second-order valence-corrected chi connectivity index (χ2v) is 4.53. The summed E-state index contributed by atoms with van der Waals surface area (Å²) in [7, 11) is 0. The molecule has 1 aliphatic carbocycles. The predicted octanol–water partition coefficient (Wildman–Crippen LogP) is 4.37. The Bertz CT molecular complexity index is 297. The first-order chi connectivity index (χ1) is 7.45. The van der Waals surface area contributed by atoms with Gasteiger partial charge >= 0.3 is 0 Å². The van der Waals surface area contributed by atoms with E-state index < -0.39 is 0 Å². The Morgan fingerprint density at radius 1 is 1.07 bits per heavy atom. The van der Waals surface area contributed by atoms with Crippen LogP contribution in [0.4, 0.5) is 0 Å². The molecule has 1 unspecified atom stereocenters. The molecule has 1 aromatic carbocycles. The lowest BCUT2D eigenvalue weighted by atomic mass is 9.93. The molecule has 80 valence electrons. The third kappa shape index (κ3) is 3.54. The minimum absolute atomic E-state index is 0.920. The standard InChI is InChI=1S/C15H20/c1-2-5-9-14(8-4-1)12-13-15-10-6-3-7-11-15/h1,3-4,6-7,10-11,14H,2,5,8-9,12-13H2. The first-order valence-corrected chi connectivity index (χ1v) is 6.14. The van der Waals surface area contributed by atoms with E-state index in [0.29, 0.717) is 0 Å². The number of rotatable bonds is 3. The Kier molecular flexibility index (Phi) is 4.01. The maximum absolute atomic E-state index is 2.38. The quantitative estimate of drug-likeness (QED) is 0.636. The molecular formula is C15H20. The predicted molar refractivity (Wildman–Crippen MR) is 65.9 cm³/mol. The summed E-state index contributed by atoms with van der Waals surface area (Å²) in [5, 5.41) is 0. The van der Waals surface area contributed by atoms with Crippen molar-refractivity contribution in [3.63, 3.8) is 0 Å². The van der Waals surface area contributed by atoms with E-state index in [9.17, 15) is 0 Å². The second-order valence-electron chi connectivity index (χ2n) is 4.53. The van der Waals surface area contributed by atoms with Crippen molar-refractivity contribution in [2.45, 2.75) is 38.5 Å². The van der Waals surface area contributed by atoms with Crippen LogP contribution in [0.25, 0.3) is 0 Å². The van der Waals surface area contributed by atoms with Crippen LogP contribution in [0.2, 0.25) is 0 Å². The highest BCUT2D eigenvalue weighted by Gasteiger charge is 2.08. The van der Waals surface area contributed by atoms with Gasteiger partial charge in [0.2, 0.25) is 0 Å². The second kappa shape index (κ2) is 5.75. The highest BCUT2D eigenvalue weighted by molar-refractivity contribution is 5.14. The van der Waals surface area contributed by atoms with Crippen LogP contribution in [0, 0.1) is 5.92 Å². The largest absolute Gasteiger partial charge is 0.0885 e. The third-order valence-corrected chi connectivity index (χ3v) is 3.30. The van der Waals surface area contributed by atoms with Gasteiger partial charge in [0.1, 0.15) is 0 Å². The average Bonchev–Trinajstić information content (AvgIpc) is 2.56. The first-order valence-electron chi connectivity index (χ1n) is 6.14. The average molecular weight is 200 g/mol. The van der Waals surface area contributed by atoms with Crippen molar-refractivity contribution in [3.05, 3.63) is 48.0 Å². The Morgan fingerprint density at radius 3 is 2.80 bits per heavy atom. The number of aryl methyl sites for hydroxylation is 1. The highest BCUT2D eigenvalue weighted by Crippen LogP contribution is 2.22. The Morgan fingerprint density at radius 2 is 1.93 bits per heavy atom. The topological polar surface area (TPSA) is 0 Å². The molecule has 0 bridgehead atoms. The molecule has 1 aromatic rings. The molecule has 15 heavy (non-hydrogen) atoms. The maximum atomic E-state index is 2.38. The van der Waals surface area contributed by atoms with Crippen LogP contribution in [0.3, 0.4) is 0 Å². The SMILES string of the molecule is C1=CCC(CCc2ccccc2)CCC1. The van der Waals surface area contributed by atoms with Crippen LogP contribution in [0.1, 0.15) is 37.7 Å². The zero-order chi connectivity index (χ0) is 10.3. The summed E-state index contributed by atoms with van der Waals surface area (Å²) >= 11 is 0. The van der Waals surface area contributed by atoms with Crippen LogP contribution >= 0.6 is 0 Å². The van der Waals surface area contributed by atoms with Gasteiger partial charge < -0.3 is 0 Å². The van der Waals surface area contributed by atoms with Crippen molar-refractivity contribution in [3.8, 4) is 0 Å². The molecule has 0 saturated heterocycles. The number of hydrogen-bond acceptors (Lipinski definition) is 0. The molecule has 0 aromatic heterocycles. The van der Waals surface area contributed by atoms with E-state index in [0.717, 1.165) is 5.92 Å². The molecule has 0 heteroatoms. The summed E-state index contributed by atoms with van der Waals surface area (Å²) in [6.07, 6.45) is 12.7. The molecule has 0 aliphatic heterocycles. The summed E-state index contributed by atoms with van der Waals surface area (Å²) in [5.41, 5.74) is 1.49. The van der Waals surface area contributed by atoms with Crippen molar-refractivity contribution in [1.29, 1.82) is 0 Å². The smallest absolute Gasteiger partial charge is 0.0276 e. The Hall–Kier alpha value is -1.04. The molecule has 0 saturated carbocycles. The van der Waals surface area contributed by atoms with Gasteiger partial charge in [0.25, 0.3) is 0 Å². The monoisotopic (exact) mass is 200 g/mol. The molecule has 0 fully saturated rings. The van der Waals surface area contributed by atoms with Gasteiger partial charge in [-0.05, 0) is 50.0 Å². The zero-order valence-electron chi connectivity index (χ0n) is 9.36. The minimum Gasteiger partial charge on any atom is -0.0885 e. The van der Waals surface area contributed by atoms with E-state index in [4.69, 9.17) is 0 Å². The Balaban J connectivity index is 1.80. The lowest BCUT2D eigenvalue weighted by molar-refractivity contribution is 0.452. The minimum atomic E-state index is 0.920. The fourth-order valence-corrected chi connectivity index (χ4v) is 2.33. The van der Waals surface area contributed by atoms with Gasteiger partial charge in [-0.3, -0.25) is 0 Å². The summed E-state index contributed by atoms with van der Waals surface area (Å²) in [6.45, 7) is 0. The molecule has 1 aliphatic rings. The van der Waals surface area contributed by atoms with Crippen molar-refractivity contribution >= 4 is 0 Å². The van der Waals surface area contributed by atoms with Crippen LogP contribution in [0.15, 0.2) is 42.5 Å². The molecule has 0 spiro atoms. The third-order valence-electron chi connectivity index (χ3n) is 3.30. The summed E-state index contributed by atoms with van der Waals surface area (Å²) in [6, 6.07) is 10.9. The van der Waals surface area contributed by atoms with E-state index in [1.54, 1.807) is 0 Å². The van der Waals surface area contributed by atoms with Crippen LogP contribution in [-0.2, 0) is 6.42 Å². The molecular weight excluding hydrogens is 180 g/mol. The van der Waals surface area contributed by atoms with Crippen LogP contribution in [-0.4, -0.2) is 0 Å². The molecule has 0 heterocycles. The number of benzene rings is 1. The number of allylic oxidation sites excluding steroid dienone is 2. The molecule has 0 radical (unpaired) electrons. The van der Waals surface area contributed by atoms with Crippen LogP contribution in [0.5, 0.6) is 0 Å². The highest BCUT2D eigenvalue weighted by atomic mass is 14.1. The van der Waals surface area contributed by atoms with Crippen LogP contribution < -0.4 is 0 Å². The van der Waals surface area contributed by atoms with E-state index in [1.165, 1.54) is 44.1 Å². The molecule has 0 N–H and O–H groups in total. The number of hydrogen-bond donors (Lipinski definition) is 0. The van der Waals surface area contributed by atoms with E-state index >= 15 is 0 Å². The maximum Gasteiger partial charge on any atom is -0.0276 e. The van der Waals surface area contributed by atoms with Crippen molar-refractivity contribution in [2.75, 3.05) is 0 Å². The first kappa shape index (κ1) is 10.5.